The third-order valence-corrected chi connectivity index (χ3v) is 6.52. The number of benzene rings is 1. The van der Waals surface area contributed by atoms with Crippen LogP contribution in [0.25, 0.3) is 0 Å². The van der Waals surface area contributed by atoms with E-state index in [4.69, 9.17) is 0 Å². The fourth-order valence-electron chi connectivity index (χ4n) is 6.22. The summed E-state index contributed by atoms with van der Waals surface area (Å²) in [4.78, 5) is 0. The van der Waals surface area contributed by atoms with Crippen LogP contribution in [0.1, 0.15) is 70.4 Å². The second-order valence-corrected chi connectivity index (χ2v) is 9.30. The van der Waals surface area contributed by atoms with Crippen molar-refractivity contribution in [2.75, 3.05) is 0 Å². The molecule has 4 saturated carbocycles. The molecule has 1 aromatic carbocycles. The molecule has 0 saturated heterocycles. The zero-order valence-electron chi connectivity index (χ0n) is 14.0. The molecule has 4 fully saturated rings. The van der Waals surface area contributed by atoms with Crippen LogP contribution in [0.4, 0.5) is 0 Å². The molecule has 2 N–H and O–H groups in total. The van der Waals surface area contributed by atoms with E-state index in [1.54, 1.807) is 6.07 Å². The standard InChI is InChI=1S/C20H28O2/c1-19(2,3)17-15(4-5-16(21)18(17)22)20-9-12-6-13(10-20)8-14(7-12)11-20/h4-5,12-14,21-22H,6-11H2,1-3H3. The van der Waals surface area contributed by atoms with Gasteiger partial charge in [0.25, 0.3) is 0 Å². The van der Waals surface area contributed by atoms with Crippen molar-refractivity contribution in [2.24, 2.45) is 17.8 Å². The van der Waals surface area contributed by atoms with Crippen LogP contribution in [0.3, 0.4) is 0 Å². The van der Waals surface area contributed by atoms with Crippen molar-refractivity contribution in [3.8, 4) is 11.5 Å². The minimum Gasteiger partial charge on any atom is -0.504 e. The van der Waals surface area contributed by atoms with Crippen LogP contribution in [0.2, 0.25) is 0 Å². The summed E-state index contributed by atoms with van der Waals surface area (Å²) in [6.45, 7) is 6.43. The Morgan fingerprint density at radius 2 is 1.41 bits per heavy atom. The molecule has 1 aromatic rings. The molecule has 0 aromatic heterocycles. The summed E-state index contributed by atoms with van der Waals surface area (Å²) >= 11 is 0. The van der Waals surface area contributed by atoms with Gasteiger partial charge in [0.2, 0.25) is 0 Å². The molecular weight excluding hydrogens is 272 g/mol. The molecule has 4 bridgehead atoms. The summed E-state index contributed by atoms with van der Waals surface area (Å²) < 4.78 is 0. The quantitative estimate of drug-likeness (QED) is 0.727. The topological polar surface area (TPSA) is 40.5 Å². The molecule has 22 heavy (non-hydrogen) atoms. The first-order valence-electron chi connectivity index (χ1n) is 8.84. The van der Waals surface area contributed by atoms with Gasteiger partial charge in [-0.05, 0) is 78.7 Å². The van der Waals surface area contributed by atoms with Gasteiger partial charge in [-0.3, -0.25) is 0 Å². The molecule has 120 valence electrons. The third kappa shape index (κ3) is 1.99. The van der Waals surface area contributed by atoms with Gasteiger partial charge >= 0.3 is 0 Å². The van der Waals surface area contributed by atoms with Crippen LogP contribution in [-0.2, 0) is 10.8 Å². The van der Waals surface area contributed by atoms with E-state index >= 15 is 0 Å². The average molecular weight is 300 g/mol. The molecule has 4 aliphatic carbocycles. The van der Waals surface area contributed by atoms with E-state index in [0.717, 1.165) is 23.3 Å². The van der Waals surface area contributed by atoms with E-state index in [1.807, 2.05) is 0 Å². The predicted molar refractivity (Wildman–Crippen MR) is 88.3 cm³/mol. The van der Waals surface area contributed by atoms with Crippen molar-refractivity contribution in [2.45, 2.75) is 70.1 Å². The second-order valence-electron chi connectivity index (χ2n) is 9.30. The van der Waals surface area contributed by atoms with Crippen LogP contribution in [-0.4, -0.2) is 10.2 Å². The Labute approximate surface area is 133 Å². The number of rotatable bonds is 1. The highest BCUT2D eigenvalue weighted by Crippen LogP contribution is 2.62. The Hall–Kier alpha value is -1.18. The normalized spacial score (nSPS) is 36.8. The molecule has 0 spiro atoms. The molecule has 2 heteroatoms. The lowest BCUT2D eigenvalue weighted by atomic mass is 9.47. The monoisotopic (exact) mass is 300 g/mol. The Morgan fingerprint density at radius 3 is 1.86 bits per heavy atom. The van der Waals surface area contributed by atoms with Gasteiger partial charge < -0.3 is 10.2 Å². The maximum absolute atomic E-state index is 10.6. The summed E-state index contributed by atoms with van der Waals surface area (Å²) in [6, 6.07) is 3.82. The van der Waals surface area contributed by atoms with Crippen molar-refractivity contribution < 1.29 is 10.2 Å². The van der Waals surface area contributed by atoms with Gasteiger partial charge in [-0.25, -0.2) is 0 Å². The van der Waals surface area contributed by atoms with Crippen LogP contribution in [0.5, 0.6) is 11.5 Å². The Bertz CT molecular complexity index is 574. The summed E-state index contributed by atoms with van der Waals surface area (Å²) in [6.07, 6.45) is 8.13. The molecule has 0 atom stereocenters. The van der Waals surface area contributed by atoms with Crippen LogP contribution in [0.15, 0.2) is 12.1 Å². The molecule has 0 unspecified atom stereocenters. The maximum Gasteiger partial charge on any atom is 0.161 e. The number of hydrogen-bond donors (Lipinski definition) is 2. The van der Waals surface area contributed by atoms with Crippen molar-refractivity contribution in [3.63, 3.8) is 0 Å². The SMILES string of the molecule is CC(C)(C)c1c(C23CC4CC(CC(C4)C2)C3)ccc(O)c1O. The fraction of sp³-hybridized carbons (Fsp3) is 0.700. The minimum absolute atomic E-state index is 0.0263. The van der Waals surface area contributed by atoms with Gasteiger partial charge in [0.15, 0.2) is 11.5 Å². The van der Waals surface area contributed by atoms with Gasteiger partial charge in [0.05, 0.1) is 0 Å². The van der Waals surface area contributed by atoms with Crippen LogP contribution < -0.4 is 0 Å². The fourth-order valence-corrected chi connectivity index (χ4v) is 6.22. The Kier molecular flexibility index (Phi) is 2.90. The van der Waals surface area contributed by atoms with E-state index < -0.39 is 0 Å². The van der Waals surface area contributed by atoms with Gasteiger partial charge in [-0.15, -0.1) is 0 Å². The van der Waals surface area contributed by atoms with E-state index in [-0.39, 0.29) is 22.3 Å². The van der Waals surface area contributed by atoms with E-state index in [1.165, 1.54) is 44.1 Å². The zero-order chi connectivity index (χ0) is 15.7. The first kappa shape index (κ1) is 14.4. The summed E-state index contributed by atoms with van der Waals surface area (Å²) in [5.74, 6) is 2.79. The Balaban J connectivity index is 1.88. The lowest BCUT2D eigenvalue weighted by Gasteiger charge is -2.58. The molecule has 5 rings (SSSR count). The number of aromatic hydroxyl groups is 2. The van der Waals surface area contributed by atoms with Crippen LogP contribution >= 0.6 is 0 Å². The summed E-state index contributed by atoms with van der Waals surface area (Å²) in [5.41, 5.74) is 2.41. The minimum atomic E-state index is -0.151. The third-order valence-electron chi connectivity index (χ3n) is 6.52. The summed E-state index contributed by atoms with van der Waals surface area (Å²) in [5, 5.41) is 20.6. The second kappa shape index (κ2) is 4.43. The first-order chi connectivity index (χ1) is 10.3. The lowest BCUT2D eigenvalue weighted by molar-refractivity contribution is -0.00607. The van der Waals surface area contributed by atoms with Gasteiger partial charge in [0.1, 0.15) is 0 Å². The smallest absolute Gasteiger partial charge is 0.161 e. The van der Waals surface area contributed by atoms with E-state index in [2.05, 4.69) is 26.8 Å². The average Bonchev–Trinajstić information content (AvgIpc) is 2.38. The highest BCUT2D eigenvalue weighted by Gasteiger charge is 2.53. The van der Waals surface area contributed by atoms with Gasteiger partial charge in [-0.2, -0.15) is 0 Å². The molecule has 0 aliphatic heterocycles. The molecule has 0 heterocycles. The highest BCUT2D eigenvalue weighted by molar-refractivity contribution is 5.55. The van der Waals surface area contributed by atoms with E-state index in [0.29, 0.717) is 0 Å². The molecular formula is C20H28O2. The Morgan fingerprint density at radius 1 is 0.909 bits per heavy atom. The predicted octanol–water partition coefficient (Wildman–Crippen LogP) is 4.86. The highest BCUT2D eigenvalue weighted by atomic mass is 16.3. The van der Waals surface area contributed by atoms with Crippen molar-refractivity contribution >= 4 is 0 Å². The maximum atomic E-state index is 10.6. The molecule has 4 aliphatic rings. The molecule has 0 radical (unpaired) electrons. The van der Waals surface area contributed by atoms with Crippen molar-refractivity contribution in [1.29, 1.82) is 0 Å². The summed E-state index contributed by atoms with van der Waals surface area (Å²) in [7, 11) is 0. The number of phenolic OH excluding ortho intramolecular Hbond substituents is 2. The molecule has 0 amide bonds. The number of hydrogen-bond acceptors (Lipinski definition) is 2. The largest absolute Gasteiger partial charge is 0.504 e. The molecule has 2 nitrogen and oxygen atoms in total. The van der Waals surface area contributed by atoms with Crippen molar-refractivity contribution in [1.82, 2.24) is 0 Å². The van der Waals surface area contributed by atoms with Crippen LogP contribution in [0, 0.1) is 17.8 Å². The zero-order valence-corrected chi connectivity index (χ0v) is 14.0. The number of phenols is 2. The van der Waals surface area contributed by atoms with Gasteiger partial charge in [-0.1, -0.05) is 26.8 Å². The van der Waals surface area contributed by atoms with E-state index in [9.17, 15) is 10.2 Å². The van der Waals surface area contributed by atoms with Crippen molar-refractivity contribution in [3.05, 3.63) is 23.3 Å². The van der Waals surface area contributed by atoms with Gasteiger partial charge in [0, 0.05) is 5.56 Å². The first-order valence-corrected chi connectivity index (χ1v) is 8.84. The lowest BCUT2D eigenvalue weighted by Crippen LogP contribution is -2.49.